The molecule has 8 heteroatoms. The van der Waals surface area contributed by atoms with Crippen LogP contribution in [0.15, 0.2) is 22.7 Å². The summed E-state index contributed by atoms with van der Waals surface area (Å²) in [6, 6.07) is 4.56. The van der Waals surface area contributed by atoms with Gasteiger partial charge in [0.25, 0.3) is 5.91 Å². The lowest BCUT2D eigenvalue weighted by atomic mass is 10.2. The van der Waals surface area contributed by atoms with E-state index in [4.69, 9.17) is 5.11 Å². The van der Waals surface area contributed by atoms with Crippen LogP contribution in [0.1, 0.15) is 40.1 Å². The van der Waals surface area contributed by atoms with Gasteiger partial charge in [0, 0.05) is 10.9 Å². The summed E-state index contributed by atoms with van der Waals surface area (Å²) in [6.45, 7) is 1.99. The third-order valence-electron chi connectivity index (χ3n) is 2.68. The van der Waals surface area contributed by atoms with E-state index in [-0.39, 0.29) is 17.1 Å². The van der Waals surface area contributed by atoms with Crippen molar-refractivity contribution in [3.05, 3.63) is 39.9 Å². The maximum atomic E-state index is 12.0. The number of hydrogen-bond donors (Lipinski definition) is 3. The Morgan fingerprint density at radius 2 is 2.19 bits per heavy atom. The van der Waals surface area contributed by atoms with Gasteiger partial charge in [-0.25, -0.2) is 9.78 Å². The van der Waals surface area contributed by atoms with Crippen molar-refractivity contribution >= 4 is 33.5 Å². The van der Waals surface area contributed by atoms with E-state index in [0.29, 0.717) is 16.7 Å². The van der Waals surface area contributed by atoms with Gasteiger partial charge >= 0.3 is 5.97 Å². The molecule has 0 bridgehead atoms. The fourth-order valence-electron chi connectivity index (χ4n) is 1.73. The zero-order valence-corrected chi connectivity index (χ0v) is 12.8. The van der Waals surface area contributed by atoms with E-state index in [1.54, 1.807) is 6.07 Å². The Morgan fingerprint density at radius 1 is 1.43 bits per heavy atom. The Bertz CT molecular complexity index is 684. The number of aryl methyl sites for hydroxylation is 1. The number of halogens is 1. The number of aromatic carboxylic acids is 1. The minimum Gasteiger partial charge on any atom is -0.478 e. The summed E-state index contributed by atoms with van der Waals surface area (Å²) in [5.74, 6) is -1.08. The maximum absolute atomic E-state index is 12.0. The molecule has 1 aromatic heterocycles. The van der Waals surface area contributed by atoms with Crippen molar-refractivity contribution in [2.45, 2.75) is 19.8 Å². The smallest absolute Gasteiger partial charge is 0.337 e. The molecule has 0 saturated heterocycles. The second-order valence-corrected chi connectivity index (χ2v) is 5.22. The standard InChI is InChI=1S/C13H13BrN4O3/c1-2-3-10-16-11(18-17-10)12(19)15-9-5-4-7(14)6-8(9)13(20)21/h4-6H,2-3H2,1H3,(H,15,19)(H,20,21)(H,16,17,18). The number of aromatic amines is 1. The van der Waals surface area contributed by atoms with E-state index in [1.165, 1.54) is 12.1 Å². The molecule has 0 fully saturated rings. The number of carboxylic acid groups (broad SMARTS) is 1. The second kappa shape index (κ2) is 6.49. The highest BCUT2D eigenvalue weighted by molar-refractivity contribution is 9.10. The predicted molar refractivity (Wildman–Crippen MR) is 79.4 cm³/mol. The molecule has 7 nitrogen and oxygen atoms in total. The molecule has 3 N–H and O–H groups in total. The Balaban J connectivity index is 2.20. The lowest BCUT2D eigenvalue weighted by Crippen LogP contribution is -2.16. The minimum absolute atomic E-state index is 0.0120. The average Bonchev–Trinajstić information content (AvgIpc) is 2.89. The van der Waals surface area contributed by atoms with Gasteiger partial charge in [0.1, 0.15) is 5.82 Å². The number of rotatable bonds is 5. The molecule has 0 atom stereocenters. The normalized spacial score (nSPS) is 10.4. The predicted octanol–water partition coefficient (Wildman–Crippen LogP) is 2.47. The van der Waals surface area contributed by atoms with Crippen LogP contribution >= 0.6 is 15.9 Å². The van der Waals surface area contributed by atoms with Gasteiger partial charge < -0.3 is 10.4 Å². The first-order chi connectivity index (χ1) is 10.0. The zero-order valence-electron chi connectivity index (χ0n) is 11.2. The maximum Gasteiger partial charge on any atom is 0.337 e. The lowest BCUT2D eigenvalue weighted by molar-refractivity contribution is 0.0698. The monoisotopic (exact) mass is 352 g/mol. The van der Waals surface area contributed by atoms with Gasteiger partial charge in [0.15, 0.2) is 0 Å². The molecule has 1 aromatic carbocycles. The van der Waals surface area contributed by atoms with E-state index in [9.17, 15) is 9.59 Å². The minimum atomic E-state index is -1.13. The molecule has 0 unspecified atom stereocenters. The van der Waals surface area contributed by atoms with Crippen LogP contribution in [0.4, 0.5) is 5.69 Å². The molecule has 0 saturated carbocycles. The third kappa shape index (κ3) is 3.66. The van der Waals surface area contributed by atoms with Crippen molar-refractivity contribution in [2.24, 2.45) is 0 Å². The summed E-state index contributed by atoms with van der Waals surface area (Å²) in [6.07, 6.45) is 1.57. The SMILES string of the molecule is CCCc1nc(C(=O)Nc2ccc(Br)cc2C(=O)O)n[nH]1. The van der Waals surface area contributed by atoms with Crippen molar-refractivity contribution < 1.29 is 14.7 Å². The number of nitrogens with zero attached hydrogens (tertiary/aromatic N) is 2. The van der Waals surface area contributed by atoms with Crippen LogP contribution in [0.25, 0.3) is 0 Å². The van der Waals surface area contributed by atoms with Crippen LogP contribution in [0.2, 0.25) is 0 Å². The van der Waals surface area contributed by atoms with Crippen LogP contribution in [-0.2, 0) is 6.42 Å². The number of hydrogen-bond acceptors (Lipinski definition) is 4. The van der Waals surface area contributed by atoms with Gasteiger partial charge in [-0.1, -0.05) is 22.9 Å². The molecular weight excluding hydrogens is 340 g/mol. The molecule has 2 rings (SSSR count). The number of amides is 1. The largest absolute Gasteiger partial charge is 0.478 e. The molecule has 110 valence electrons. The van der Waals surface area contributed by atoms with Crippen molar-refractivity contribution in [2.75, 3.05) is 5.32 Å². The van der Waals surface area contributed by atoms with E-state index >= 15 is 0 Å². The van der Waals surface area contributed by atoms with Gasteiger partial charge in [-0.3, -0.25) is 9.89 Å². The van der Waals surface area contributed by atoms with Crippen molar-refractivity contribution in [1.29, 1.82) is 0 Å². The summed E-state index contributed by atoms with van der Waals surface area (Å²) in [7, 11) is 0. The number of carbonyl (C=O) groups excluding carboxylic acids is 1. The number of anilines is 1. The van der Waals surface area contributed by atoms with Gasteiger partial charge in [-0.2, -0.15) is 0 Å². The molecule has 0 spiro atoms. The number of nitrogens with one attached hydrogen (secondary N) is 2. The Labute approximate surface area is 128 Å². The van der Waals surface area contributed by atoms with Gasteiger partial charge in [0.05, 0.1) is 11.3 Å². The molecular formula is C13H13BrN4O3. The van der Waals surface area contributed by atoms with Crippen LogP contribution in [0, 0.1) is 0 Å². The molecule has 2 aromatic rings. The first-order valence-electron chi connectivity index (χ1n) is 6.26. The summed E-state index contributed by atoms with van der Waals surface area (Å²) in [5, 5.41) is 18.1. The quantitative estimate of drug-likeness (QED) is 0.765. The third-order valence-corrected chi connectivity index (χ3v) is 3.18. The number of carboxylic acids is 1. The molecule has 1 amide bonds. The summed E-state index contributed by atoms with van der Waals surface area (Å²) >= 11 is 3.19. The van der Waals surface area contributed by atoms with E-state index in [1.807, 2.05) is 6.92 Å². The highest BCUT2D eigenvalue weighted by Gasteiger charge is 2.17. The fourth-order valence-corrected chi connectivity index (χ4v) is 2.09. The Morgan fingerprint density at radius 3 is 2.86 bits per heavy atom. The van der Waals surface area contributed by atoms with Crippen molar-refractivity contribution in [3.8, 4) is 0 Å². The van der Waals surface area contributed by atoms with Crippen molar-refractivity contribution in [3.63, 3.8) is 0 Å². The van der Waals surface area contributed by atoms with Crippen LogP contribution in [-0.4, -0.2) is 32.2 Å². The number of carbonyl (C=O) groups is 2. The van der Waals surface area contributed by atoms with Gasteiger partial charge in [-0.05, 0) is 24.6 Å². The van der Waals surface area contributed by atoms with E-state index in [0.717, 1.165) is 6.42 Å². The lowest BCUT2D eigenvalue weighted by Gasteiger charge is -2.07. The van der Waals surface area contributed by atoms with Gasteiger partial charge in [0.2, 0.25) is 5.82 Å². The highest BCUT2D eigenvalue weighted by Crippen LogP contribution is 2.21. The van der Waals surface area contributed by atoms with Crippen LogP contribution in [0.5, 0.6) is 0 Å². The molecule has 0 radical (unpaired) electrons. The molecule has 21 heavy (non-hydrogen) atoms. The summed E-state index contributed by atoms with van der Waals surface area (Å²) in [5.41, 5.74) is 0.180. The second-order valence-electron chi connectivity index (χ2n) is 4.30. The highest BCUT2D eigenvalue weighted by atomic mass is 79.9. The number of aromatic nitrogens is 3. The Hall–Kier alpha value is -2.22. The van der Waals surface area contributed by atoms with E-state index < -0.39 is 11.9 Å². The summed E-state index contributed by atoms with van der Waals surface area (Å²) < 4.78 is 0.612. The number of benzene rings is 1. The first kappa shape index (κ1) is 15.2. The van der Waals surface area contributed by atoms with Crippen LogP contribution in [0.3, 0.4) is 0 Å². The van der Waals surface area contributed by atoms with Crippen molar-refractivity contribution in [1.82, 2.24) is 15.2 Å². The molecule has 1 heterocycles. The Kier molecular flexibility index (Phi) is 4.69. The zero-order chi connectivity index (χ0) is 15.4. The summed E-state index contributed by atoms with van der Waals surface area (Å²) in [4.78, 5) is 27.3. The van der Waals surface area contributed by atoms with E-state index in [2.05, 4.69) is 36.4 Å². The topological polar surface area (TPSA) is 108 Å². The fraction of sp³-hybridized carbons (Fsp3) is 0.231. The first-order valence-corrected chi connectivity index (χ1v) is 7.06. The molecule has 0 aliphatic carbocycles. The molecule has 0 aliphatic heterocycles. The number of H-pyrrole nitrogens is 1. The molecule has 0 aliphatic rings. The van der Waals surface area contributed by atoms with Gasteiger partial charge in [-0.15, -0.1) is 5.10 Å². The average molecular weight is 353 g/mol. The van der Waals surface area contributed by atoms with Crippen LogP contribution < -0.4 is 5.32 Å².